The minimum Gasteiger partial charge on any atom is -0.165 e. The minimum atomic E-state index is -9.14. The summed E-state index contributed by atoms with van der Waals surface area (Å²) in [6.07, 6.45) is -9.44. The molecule has 0 aliphatic heterocycles. The van der Waals surface area contributed by atoms with E-state index < -0.39 is 88.7 Å². The van der Waals surface area contributed by atoms with Crippen molar-refractivity contribution in [2.45, 2.75) is 84.7 Å². The van der Waals surface area contributed by atoms with Gasteiger partial charge in [-0.05, 0) is 0 Å². The summed E-state index contributed by atoms with van der Waals surface area (Å²) in [5, 5.41) is 0. The van der Waals surface area contributed by atoms with Crippen LogP contribution in [0.4, 0.5) is 92.2 Å². The molecule has 0 N–H and O–H groups in total. The van der Waals surface area contributed by atoms with E-state index in [9.17, 15) is 92.2 Å². The van der Waals surface area contributed by atoms with Crippen molar-refractivity contribution in [1.82, 2.24) is 0 Å². The van der Waals surface area contributed by atoms with E-state index in [1.54, 1.807) is 0 Å². The van der Waals surface area contributed by atoms with Gasteiger partial charge in [-0.3, -0.25) is 0 Å². The van der Waals surface area contributed by atoms with E-state index in [0.717, 1.165) is 6.08 Å². The molecule has 0 fully saturated rings. The number of hydrogen-bond acceptors (Lipinski definition) is 0. The van der Waals surface area contributed by atoms with Gasteiger partial charge in [0.2, 0.25) is 0 Å². The number of rotatable bonds is 13. The first kappa shape index (κ1) is 38.1. The zero-order chi connectivity index (χ0) is 32.3. The molecule has 39 heavy (non-hydrogen) atoms. The molecular formula is C17H15F21Sn. The molecule has 0 aliphatic rings. The summed E-state index contributed by atoms with van der Waals surface area (Å²) in [7, 11) is 0. The topological polar surface area (TPSA) is 0 Å². The normalized spacial score (nSPS) is 16.5. The van der Waals surface area contributed by atoms with E-state index in [1.807, 2.05) is 0 Å². The van der Waals surface area contributed by atoms with E-state index >= 15 is 0 Å². The van der Waals surface area contributed by atoms with Gasteiger partial charge in [-0.1, -0.05) is 0 Å². The molecule has 0 atom stereocenters. The molecule has 0 saturated heterocycles. The minimum absolute atomic E-state index is 0.140. The third-order valence-electron chi connectivity index (χ3n) is 5.39. The Balaban J connectivity index is 6.89. The van der Waals surface area contributed by atoms with Crippen LogP contribution in [0.3, 0.4) is 0 Å². The Bertz CT molecular complexity index is 881. The first-order valence-electron chi connectivity index (χ1n) is 9.60. The Hall–Kier alpha value is -0.931. The average Bonchev–Trinajstić information content (AvgIpc) is 2.70. The molecule has 0 nitrogen and oxygen atoms in total. The van der Waals surface area contributed by atoms with Gasteiger partial charge in [0, 0.05) is 0 Å². The SMILES string of the molecule is C=C[CH2][Sn]([CH3])([CH3])[CH2]CC(F)(F)C(F)(F)C(F)(F)C(F)(F)C(F)(F)C(F)(F)C(F)(F)C(F)(F)C(F)(F)C(F)(F)F. The fourth-order valence-corrected chi connectivity index (χ4v) is 8.38. The predicted octanol–water partition coefficient (Wildman–Crippen LogP) is 9.55. The molecule has 0 saturated carbocycles. The summed E-state index contributed by atoms with van der Waals surface area (Å²) in [6.45, 7) is 3.15. The van der Waals surface area contributed by atoms with Crippen LogP contribution in [0, 0.1) is 0 Å². The Morgan fingerprint density at radius 3 is 0.974 bits per heavy atom. The third-order valence-corrected chi connectivity index (χ3v) is 13.9. The molecule has 0 radical (unpaired) electrons. The van der Waals surface area contributed by atoms with Crippen molar-refractivity contribution in [3.8, 4) is 0 Å². The Morgan fingerprint density at radius 2 is 0.718 bits per heavy atom. The van der Waals surface area contributed by atoms with Gasteiger partial charge in [0.05, 0.1) is 0 Å². The standard InChI is InChI=1S/C12H4F21.C3H5.2CH3.Sn/c1-2-3(13,14)4(15,16)5(17,18)6(19,20)7(21,22)8(23,24)9(25,26)10(27,28)11(29,30)12(31,32)33;1-3-2;;;/h1-2H2;3H,1-2H2;2*1H3;. The zero-order valence-corrected chi connectivity index (χ0v) is 21.7. The summed E-state index contributed by atoms with van der Waals surface area (Å²) in [5.41, 5.74) is 0. The summed E-state index contributed by atoms with van der Waals surface area (Å²) >= 11 is -3.92. The van der Waals surface area contributed by atoms with Gasteiger partial charge in [-0.25, -0.2) is 0 Å². The first-order chi connectivity index (χ1) is 16.5. The fraction of sp³-hybridized carbons (Fsp3) is 0.882. The van der Waals surface area contributed by atoms with Crippen LogP contribution in [0.5, 0.6) is 0 Å². The van der Waals surface area contributed by atoms with Crippen LogP contribution >= 0.6 is 0 Å². The molecule has 0 bridgehead atoms. The third kappa shape index (κ3) is 5.50. The molecule has 0 aromatic rings. The number of alkyl halides is 21. The zero-order valence-electron chi connectivity index (χ0n) is 18.8. The maximum absolute atomic E-state index is 13.9. The number of allylic oxidation sites excluding steroid dienone is 1. The van der Waals surface area contributed by atoms with Crippen LogP contribution in [0.2, 0.25) is 18.8 Å². The first-order valence-corrected chi connectivity index (χ1v) is 19.3. The summed E-state index contributed by atoms with van der Waals surface area (Å²) in [4.78, 5) is 2.37. The van der Waals surface area contributed by atoms with Crippen molar-refractivity contribution in [2.75, 3.05) is 0 Å². The molecule has 0 aromatic heterocycles. The van der Waals surface area contributed by atoms with E-state index in [-0.39, 0.29) is 4.44 Å². The van der Waals surface area contributed by atoms with E-state index in [4.69, 9.17) is 0 Å². The van der Waals surface area contributed by atoms with Gasteiger partial charge < -0.3 is 0 Å². The van der Waals surface area contributed by atoms with Crippen molar-refractivity contribution in [3.05, 3.63) is 12.7 Å². The summed E-state index contributed by atoms with van der Waals surface area (Å²) in [5.74, 6) is -76.4. The molecular weight excluding hydrogens is 722 g/mol. The van der Waals surface area contributed by atoms with Crippen LogP contribution in [-0.2, 0) is 0 Å². The molecule has 0 spiro atoms. The fourth-order valence-electron chi connectivity index (χ4n) is 2.74. The molecule has 0 heterocycles. The van der Waals surface area contributed by atoms with Gasteiger partial charge in [0.25, 0.3) is 0 Å². The monoisotopic (exact) mass is 738 g/mol. The van der Waals surface area contributed by atoms with Gasteiger partial charge in [-0.2, -0.15) is 13.2 Å². The molecule has 0 aromatic carbocycles. The number of hydrogen-bond donors (Lipinski definition) is 0. The van der Waals surface area contributed by atoms with Crippen molar-refractivity contribution in [2.24, 2.45) is 0 Å². The molecule has 22 heteroatoms. The molecule has 234 valence electrons. The predicted molar refractivity (Wildman–Crippen MR) is 92.5 cm³/mol. The van der Waals surface area contributed by atoms with Crippen molar-refractivity contribution >= 4 is 18.4 Å². The Morgan fingerprint density at radius 1 is 0.462 bits per heavy atom. The molecule has 0 aliphatic carbocycles. The van der Waals surface area contributed by atoms with E-state index in [1.165, 1.54) is 9.88 Å². The Kier molecular flexibility index (Phi) is 9.87. The van der Waals surface area contributed by atoms with Crippen LogP contribution in [0.25, 0.3) is 0 Å². The second-order valence-corrected chi connectivity index (χ2v) is 23.9. The summed E-state index contributed by atoms with van der Waals surface area (Å²) in [6, 6.07) is 0. The van der Waals surface area contributed by atoms with Gasteiger partial charge in [-0.15, -0.1) is 0 Å². The molecule has 0 amide bonds. The van der Waals surface area contributed by atoms with Crippen molar-refractivity contribution < 1.29 is 92.2 Å². The second-order valence-electron chi connectivity index (χ2n) is 8.95. The molecule has 0 rings (SSSR count). The van der Waals surface area contributed by atoms with Crippen molar-refractivity contribution in [3.63, 3.8) is 0 Å². The van der Waals surface area contributed by atoms with Crippen LogP contribution < -0.4 is 0 Å². The van der Waals surface area contributed by atoms with Crippen molar-refractivity contribution in [1.29, 1.82) is 0 Å². The molecule has 0 unspecified atom stereocenters. The average molecular weight is 737 g/mol. The second kappa shape index (κ2) is 10.1. The van der Waals surface area contributed by atoms with Crippen LogP contribution in [0.15, 0.2) is 12.7 Å². The number of halogens is 21. The van der Waals surface area contributed by atoms with Crippen LogP contribution in [0.1, 0.15) is 6.42 Å². The van der Waals surface area contributed by atoms with Crippen LogP contribution in [-0.4, -0.2) is 77.9 Å². The Labute approximate surface area is 208 Å². The van der Waals surface area contributed by atoms with E-state index in [2.05, 4.69) is 6.58 Å². The van der Waals surface area contributed by atoms with Gasteiger partial charge in [0.1, 0.15) is 0 Å². The summed E-state index contributed by atoms with van der Waals surface area (Å²) < 4.78 is 279. The van der Waals surface area contributed by atoms with Gasteiger partial charge in [0.15, 0.2) is 0 Å². The van der Waals surface area contributed by atoms with Gasteiger partial charge >= 0.3 is 195 Å². The smallest absolute Gasteiger partial charge is 0.165 e. The van der Waals surface area contributed by atoms with E-state index in [0.29, 0.717) is 0 Å². The quantitative estimate of drug-likeness (QED) is 0.100. The maximum atomic E-state index is 13.9.